The largest absolute Gasteiger partial charge is 0.368 e. The summed E-state index contributed by atoms with van der Waals surface area (Å²) in [6.45, 7) is 8.54. The lowest BCUT2D eigenvalue weighted by Crippen LogP contribution is -2.58. The van der Waals surface area contributed by atoms with Crippen LogP contribution in [0.15, 0.2) is 42.6 Å². The van der Waals surface area contributed by atoms with Crippen LogP contribution in [0.25, 0.3) is 5.69 Å². The predicted molar refractivity (Wildman–Crippen MR) is 131 cm³/mol. The van der Waals surface area contributed by atoms with Gasteiger partial charge in [0, 0.05) is 62.7 Å². The Morgan fingerprint density at radius 2 is 1.68 bits per heavy atom. The Morgan fingerprint density at radius 1 is 1.03 bits per heavy atom. The first kappa shape index (κ1) is 23.0. The van der Waals surface area contributed by atoms with E-state index in [0.29, 0.717) is 24.7 Å². The lowest BCUT2D eigenvalue weighted by Gasteiger charge is -2.44. The van der Waals surface area contributed by atoms with Gasteiger partial charge in [-0.15, -0.1) is 5.10 Å². The molecule has 0 bridgehead atoms. The Labute approximate surface area is 198 Å². The van der Waals surface area contributed by atoms with Gasteiger partial charge in [-0.05, 0) is 44.2 Å². The van der Waals surface area contributed by atoms with Crippen LogP contribution in [0.1, 0.15) is 27.7 Å². The number of pyridine rings is 1. The molecule has 4 rings (SSSR count). The number of hydrogen-bond donors (Lipinski definition) is 3. The molecule has 1 aliphatic heterocycles. The van der Waals surface area contributed by atoms with E-state index in [1.54, 1.807) is 29.9 Å². The number of rotatable bonds is 5. The van der Waals surface area contributed by atoms with Crippen molar-refractivity contribution in [2.75, 3.05) is 34.4 Å². The van der Waals surface area contributed by atoms with Crippen LogP contribution in [0.2, 0.25) is 0 Å². The summed E-state index contributed by atoms with van der Waals surface area (Å²) in [7, 11) is 0. The number of amides is 2. The maximum atomic E-state index is 12.0. The molecular weight excluding hydrogens is 434 g/mol. The topological polar surface area (TPSA) is 134 Å². The summed E-state index contributed by atoms with van der Waals surface area (Å²) >= 11 is 0. The third kappa shape index (κ3) is 4.92. The molecule has 3 aromatic rings. The zero-order chi connectivity index (χ0) is 24.4. The SMILES string of the molecule is CC(=O)Nc1ccc(Nc2nc(N)n(-c3ccnc(N4C[C@@H](C)N(C(C)=O)[C@@H](C)C4)c3)n2)cc1. The summed E-state index contributed by atoms with van der Waals surface area (Å²) in [5.41, 5.74) is 8.35. The maximum absolute atomic E-state index is 12.0. The summed E-state index contributed by atoms with van der Waals surface area (Å²) < 4.78 is 1.55. The van der Waals surface area contributed by atoms with Gasteiger partial charge < -0.3 is 26.2 Å². The fourth-order valence-corrected chi connectivity index (χ4v) is 4.38. The molecule has 11 heteroatoms. The van der Waals surface area contributed by atoms with Gasteiger partial charge >= 0.3 is 0 Å². The van der Waals surface area contributed by atoms with Gasteiger partial charge in [0.2, 0.25) is 23.7 Å². The van der Waals surface area contributed by atoms with E-state index >= 15 is 0 Å². The minimum absolute atomic E-state index is 0.0796. The van der Waals surface area contributed by atoms with E-state index in [0.717, 1.165) is 17.2 Å². The maximum Gasteiger partial charge on any atom is 0.248 e. The van der Waals surface area contributed by atoms with Crippen molar-refractivity contribution >= 4 is 40.9 Å². The minimum Gasteiger partial charge on any atom is -0.368 e. The molecular formula is C23H29N9O2. The highest BCUT2D eigenvalue weighted by molar-refractivity contribution is 5.88. The number of aromatic nitrogens is 4. The number of carbonyl (C=O) groups is 2. The number of hydrogen-bond acceptors (Lipinski definition) is 8. The van der Waals surface area contributed by atoms with Crippen LogP contribution in [0.4, 0.5) is 29.1 Å². The number of carbonyl (C=O) groups excluding carboxylic acids is 2. The number of nitrogens with one attached hydrogen (secondary N) is 2. The number of nitrogens with zero attached hydrogens (tertiary/aromatic N) is 6. The highest BCUT2D eigenvalue weighted by atomic mass is 16.2. The molecule has 2 aromatic heterocycles. The van der Waals surface area contributed by atoms with E-state index in [4.69, 9.17) is 5.73 Å². The highest BCUT2D eigenvalue weighted by Crippen LogP contribution is 2.24. The molecule has 1 aliphatic rings. The molecule has 0 spiro atoms. The predicted octanol–water partition coefficient (Wildman–Crippen LogP) is 2.39. The van der Waals surface area contributed by atoms with Gasteiger partial charge in [0.05, 0.1) is 5.69 Å². The zero-order valence-electron chi connectivity index (χ0n) is 19.7. The van der Waals surface area contributed by atoms with Crippen molar-refractivity contribution in [2.24, 2.45) is 0 Å². The molecule has 1 fully saturated rings. The lowest BCUT2D eigenvalue weighted by atomic mass is 10.1. The first-order valence-corrected chi connectivity index (χ1v) is 11.1. The third-order valence-electron chi connectivity index (χ3n) is 5.67. The summed E-state index contributed by atoms with van der Waals surface area (Å²) in [5, 5.41) is 10.3. The summed E-state index contributed by atoms with van der Waals surface area (Å²) in [5.74, 6) is 1.33. The summed E-state index contributed by atoms with van der Waals surface area (Å²) in [6, 6.07) is 11.1. The molecule has 0 aliphatic carbocycles. The Bertz CT molecular complexity index is 1180. The van der Waals surface area contributed by atoms with Crippen molar-refractivity contribution in [3.63, 3.8) is 0 Å². The van der Waals surface area contributed by atoms with Crippen molar-refractivity contribution in [3.05, 3.63) is 42.6 Å². The molecule has 0 radical (unpaired) electrons. The number of nitrogens with two attached hydrogens (primary N) is 1. The second-order valence-corrected chi connectivity index (χ2v) is 8.49. The monoisotopic (exact) mass is 463 g/mol. The van der Waals surface area contributed by atoms with Crippen LogP contribution in [0.3, 0.4) is 0 Å². The van der Waals surface area contributed by atoms with Gasteiger partial charge in [-0.3, -0.25) is 9.59 Å². The van der Waals surface area contributed by atoms with Crippen LogP contribution >= 0.6 is 0 Å². The molecule has 2 amide bonds. The van der Waals surface area contributed by atoms with E-state index < -0.39 is 0 Å². The molecule has 34 heavy (non-hydrogen) atoms. The normalized spacial score (nSPS) is 18.0. The van der Waals surface area contributed by atoms with Gasteiger partial charge in [-0.2, -0.15) is 9.67 Å². The first-order chi connectivity index (χ1) is 16.2. The molecule has 0 unspecified atom stereocenters. The number of anilines is 5. The Hall–Kier alpha value is -4.15. The van der Waals surface area contributed by atoms with E-state index in [2.05, 4.69) is 30.6 Å². The van der Waals surface area contributed by atoms with Crippen molar-refractivity contribution < 1.29 is 9.59 Å². The smallest absolute Gasteiger partial charge is 0.248 e. The molecule has 1 aromatic carbocycles. The molecule has 2 atom stereocenters. The van der Waals surface area contributed by atoms with E-state index in [-0.39, 0.29) is 29.8 Å². The molecule has 0 saturated carbocycles. The van der Waals surface area contributed by atoms with Crippen LogP contribution in [-0.2, 0) is 9.59 Å². The molecule has 11 nitrogen and oxygen atoms in total. The van der Waals surface area contributed by atoms with Gasteiger partial charge in [0.1, 0.15) is 5.82 Å². The van der Waals surface area contributed by atoms with Crippen molar-refractivity contribution in [3.8, 4) is 5.69 Å². The van der Waals surface area contributed by atoms with E-state index in [9.17, 15) is 9.59 Å². The van der Waals surface area contributed by atoms with E-state index in [1.165, 1.54) is 6.92 Å². The average molecular weight is 464 g/mol. The van der Waals surface area contributed by atoms with E-state index in [1.807, 2.05) is 43.0 Å². The quantitative estimate of drug-likeness (QED) is 0.525. The highest BCUT2D eigenvalue weighted by Gasteiger charge is 2.31. The zero-order valence-corrected chi connectivity index (χ0v) is 19.7. The number of benzene rings is 1. The van der Waals surface area contributed by atoms with Crippen LogP contribution in [0.5, 0.6) is 0 Å². The minimum atomic E-state index is -0.129. The molecule has 4 N–H and O–H groups in total. The summed E-state index contributed by atoms with van der Waals surface area (Å²) in [6.07, 6.45) is 1.71. The Balaban J connectivity index is 1.51. The van der Waals surface area contributed by atoms with Gasteiger partial charge in [-0.1, -0.05) is 0 Å². The second-order valence-electron chi connectivity index (χ2n) is 8.49. The first-order valence-electron chi connectivity index (χ1n) is 11.1. The fourth-order valence-electron chi connectivity index (χ4n) is 4.38. The standard InChI is InChI=1S/C23H29N9O2/c1-14-12-30(13-15(2)31(14)17(4)34)21-11-20(9-10-25-21)32-22(24)28-23(29-32)27-19-7-5-18(6-8-19)26-16(3)33/h5-11,14-15H,12-13H2,1-4H3,(H,26,33)(H3,24,27,28,29)/t14-,15+. The van der Waals surface area contributed by atoms with Gasteiger partial charge in [0.15, 0.2) is 0 Å². The molecule has 3 heterocycles. The fraction of sp³-hybridized carbons (Fsp3) is 0.348. The molecule has 1 saturated heterocycles. The van der Waals surface area contributed by atoms with Crippen molar-refractivity contribution in [1.29, 1.82) is 0 Å². The number of piperazine rings is 1. The summed E-state index contributed by atoms with van der Waals surface area (Å²) in [4.78, 5) is 36.1. The van der Waals surface area contributed by atoms with Crippen LogP contribution in [0, 0.1) is 0 Å². The van der Waals surface area contributed by atoms with Crippen LogP contribution < -0.4 is 21.3 Å². The van der Waals surface area contributed by atoms with Crippen LogP contribution in [-0.4, -0.2) is 61.6 Å². The second kappa shape index (κ2) is 9.38. The van der Waals surface area contributed by atoms with Crippen molar-refractivity contribution in [2.45, 2.75) is 39.8 Å². The van der Waals surface area contributed by atoms with Gasteiger partial charge in [-0.25, -0.2) is 4.98 Å². The lowest BCUT2D eigenvalue weighted by molar-refractivity contribution is -0.133. The Kier molecular flexibility index (Phi) is 6.35. The molecule has 178 valence electrons. The van der Waals surface area contributed by atoms with Gasteiger partial charge in [0.25, 0.3) is 0 Å². The van der Waals surface area contributed by atoms with Crippen molar-refractivity contribution in [1.82, 2.24) is 24.6 Å². The Morgan fingerprint density at radius 3 is 2.29 bits per heavy atom. The third-order valence-corrected chi connectivity index (χ3v) is 5.67. The number of nitrogen functional groups attached to an aromatic ring is 1. The average Bonchev–Trinajstić information content (AvgIpc) is 3.14.